The van der Waals surface area contributed by atoms with Gasteiger partial charge in [-0.05, 0) is 44.2 Å². The van der Waals surface area contributed by atoms with Gasteiger partial charge >= 0.3 is 5.97 Å². The van der Waals surface area contributed by atoms with Crippen LogP contribution in [0.4, 0.5) is 5.69 Å². The van der Waals surface area contributed by atoms with E-state index in [0.29, 0.717) is 23.4 Å². The van der Waals surface area contributed by atoms with Crippen LogP contribution in [0.3, 0.4) is 0 Å². The summed E-state index contributed by atoms with van der Waals surface area (Å²) < 4.78 is 4.99. The van der Waals surface area contributed by atoms with Gasteiger partial charge in [0.1, 0.15) is 0 Å². The second-order valence-corrected chi connectivity index (χ2v) is 5.58. The lowest BCUT2D eigenvalue weighted by Gasteiger charge is -2.10. The number of rotatable bonds is 4. The summed E-state index contributed by atoms with van der Waals surface area (Å²) in [6.07, 6.45) is 0. The Labute approximate surface area is 145 Å². The summed E-state index contributed by atoms with van der Waals surface area (Å²) >= 11 is 0. The van der Waals surface area contributed by atoms with Gasteiger partial charge in [-0.25, -0.2) is 4.79 Å². The molecule has 0 atom stereocenters. The first-order valence-corrected chi connectivity index (χ1v) is 8.03. The Balaban J connectivity index is 1.91. The number of nitrogens with zero attached hydrogens (tertiary/aromatic N) is 1. The number of carbonyl (C=O) groups excluding carboxylic acids is 2. The standard InChI is InChI=1S/C20H18N2O3/c1-3-25-20(24)14-7-6-8-15(12-14)22-19(23)17-11-13(2)21-18-10-5-4-9-16(17)18/h4-12H,3H2,1-2H3,(H,22,23). The zero-order chi connectivity index (χ0) is 17.8. The third-order valence-electron chi connectivity index (χ3n) is 3.72. The Kier molecular flexibility index (Phi) is 4.75. The van der Waals surface area contributed by atoms with E-state index in [-0.39, 0.29) is 5.91 Å². The van der Waals surface area contributed by atoms with Crippen molar-refractivity contribution in [2.75, 3.05) is 11.9 Å². The van der Waals surface area contributed by atoms with Gasteiger partial charge < -0.3 is 10.1 Å². The summed E-state index contributed by atoms with van der Waals surface area (Å²) in [6, 6.07) is 16.0. The highest BCUT2D eigenvalue weighted by Gasteiger charge is 2.13. The number of anilines is 1. The molecule has 5 nitrogen and oxygen atoms in total. The number of aromatic nitrogens is 1. The quantitative estimate of drug-likeness (QED) is 0.733. The summed E-state index contributed by atoms with van der Waals surface area (Å²) in [6.45, 7) is 3.91. The van der Waals surface area contributed by atoms with Gasteiger partial charge in [0, 0.05) is 16.8 Å². The fourth-order valence-corrected chi connectivity index (χ4v) is 2.63. The number of carbonyl (C=O) groups is 2. The monoisotopic (exact) mass is 334 g/mol. The molecule has 0 fully saturated rings. The van der Waals surface area contributed by atoms with Crippen molar-refractivity contribution in [1.29, 1.82) is 0 Å². The minimum Gasteiger partial charge on any atom is -0.462 e. The predicted octanol–water partition coefficient (Wildman–Crippen LogP) is 3.97. The van der Waals surface area contributed by atoms with Gasteiger partial charge in [-0.2, -0.15) is 0 Å². The molecular formula is C20H18N2O3. The minimum atomic E-state index is -0.413. The van der Waals surface area contributed by atoms with Crippen molar-refractivity contribution >= 4 is 28.5 Å². The van der Waals surface area contributed by atoms with Crippen LogP contribution in [0, 0.1) is 6.92 Å². The molecule has 25 heavy (non-hydrogen) atoms. The predicted molar refractivity (Wildman–Crippen MR) is 96.8 cm³/mol. The summed E-state index contributed by atoms with van der Waals surface area (Å²) in [4.78, 5) is 29.0. The molecule has 1 aromatic heterocycles. The van der Waals surface area contributed by atoms with Gasteiger partial charge in [-0.3, -0.25) is 9.78 Å². The van der Waals surface area contributed by atoms with E-state index in [9.17, 15) is 9.59 Å². The van der Waals surface area contributed by atoms with Gasteiger partial charge in [0.25, 0.3) is 5.91 Å². The van der Waals surface area contributed by atoms with E-state index in [1.807, 2.05) is 31.2 Å². The Bertz CT molecular complexity index is 951. The topological polar surface area (TPSA) is 68.3 Å². The summed E-state index contributed by atoms with van der Waals surface area (Å²) in [7, 11) is 0. The summed E-state index contributed by atoms with van der Waals surface area (Å²) in [5, 5.41) is 3.62. The second-order valence-electron chi connectivity index (χ2n) is 5.58. The molecule has 126 valence electrons. The fraction of sp³-hybridized carbons (Fsp3) is 0.150. The first-order valence-electron chi connectivity index (χ1n) is 8.03. The number of hydrogen-bond acceptors (Lipinski definition) is 4. The maximum Gasteiger partial charge on any atom is 0.338 e. The number of amides is 1. The molecule has 0 aliphatic rings. The average molecular weight is 334 g/mol. The van der Waals surface area contributed by atoms with Crippen LogP contribution in [0.5, 0.6) is 0 Å². The first-order chi connectivity index (χ1) is 12.1. The maximum atomic E-state index is 12.7. The molecule has 3 rings (SSSR count). The molecule has 0 bridgehead atoms. The molecule has 1 N–H and O–H groups in total. The first kappa shape index (κ1) is 16.6. The summed E-state index contributed by atoms with van der Waals surface area (Å²) in [5.74, 6) is -0.661. The molecule has 0 unspecified atom stereocenters. The van der Waals surface area contributed by atoms with E-state index in [1.54, 1.807) is 37.3 Å². The highest BCUT2D eigenvalue weighted by Crippen LogP contribution is 2.20. The highest BCUT2D eigenvalue weighted by atomic mass is 16.5. The number of hydrogen-bond donors (Lipinski definition) is 1. The van der Waals surface area contributed by atoms with E-state index in [4.69, 9.17) is 4.74 Å². The van der Waals surface area contributed by atoms with E-state index >= 15 is 0 Å². The van der Waals surface area contributed by atoms with Crippen molar-refractivity contribution in [3.8, 4) is 0 Å². The van der Waals surface area contributed by atoms with Crippen molar-refractivity contribution in [3.63, 3.8) is 0 Å². The van der Waals surface area contributed by atoms with Crippen LogP contribution in [0.15, 0.2) is 54.6 Å². The van der Waals surface area contributed by atoms with Gasteiger partial charge in [0.2, 0.25) is 0 Å². The lowest BCUT2D eigenvalue weighted by atomic mass is 10.1. The average Bonchev–Trinajstić information content (AvgIpc) is 2.61. The van der Waals surface area contributed by atoms with Gasteiger partial charge in [-0.15, -0.1) is 0 Å². The van der Waals surface area contributed by atoms with Crippen molar-refractivity contribution < 1.29 is 14.3 Å². The lowest BCUT2D eigenvalue weighted by molar-refractivity contribution is 0.0526. The van der Waals surface area contributed by atoms with Crippen LogP contribution >= 0.6 is 0 Å². The van der Waals surface area contributed by atoms with Crippen LogP contribution in [0.1, 0.15) is 33.3 Å². The molecule has 0 saturated heterocycles. The number of benzene rings is 2. The smallest absolute Gasteiger partial charge is 0.338 e. The molecule has 0 radical (unpaired) electrons. The Morgan fingerprint density at radius 2 is 1.88 bits per heavy atom. The number of aryl methyl sites for hydroxylation is 1. The van der Waals surface area contributed by atoms with Crippen molar-refractivity contribution in [2.45, 2.75) is 13.8 Å². The number of ether oxygens (including phenoxy) is 1. The van der Waals surface area contributed by atoms with Crippen LogP contribution in [0.2, 0.25) is 0 Å². The molecule has 2 aromatic carbocycles. The van der Waals surface area contributed by atoms with E-state index in [1.165, 1.54) is 0 Å². The van der Waals surface area contributed by atoms with Crippen LogP contribution < -0.4 is 5.32 Å². The second kappa shape index (κ2) is 7.13. The molecule has 1 amide bonds. The largest absolute Gasteiger partial charge is 0.462 e. The summed E-state index contributed by atoms with van der Waals surface area (Å²) in [5.41, 5.74) is 3.02. The van der Waals surface area contributed by atoms with E-state index < -0.39 is 5.97 Å². The fourth-order valence-electron chi connectivity index (χ4n) is 2.63. The SMILES string of the molecule is CCOC(=O)c1cccc(NC(=O)c2cc(C)nc3ccccc23)c1. The Morgan fingerprint density at radius 1 is 1.08 bits per heavy atom. The molecule has 0 saturated carbocycles. The Morgan fingerprint density at radius 3 is 2.68 bits per heavy atom. The lowest BCUT2D eigenvalue weighted by Crippen LogP contribution is -2.14. The molecule has 0 spiro atoms. The maximum absolute atomic E-state index is 12.7. The number of fused-ring (bicyclic) bond motifs is 1. The van der Waals surface area contributed by atoms with Crippen LogP contribution in [0.25, 0.3) is 10.9 Å². The van der Waals surface area contributed by atoms with E-state index in [0.717, 1.165) is 16.6 Å². The zero-order valence-electron chi connectivity index (χ0n) is 14.1. The number of pyridine rings is 1. The van der Waals surface area contributed by atoms with Crippen LogP contribution in [-0.4, -0.2) is 23.5 Å². The van der Waals surface area contributed by atoms with Gasteiger partial charge in [-0.1, -0.05) is 24.3 Å². The van der Waals surface area contributed by atoms with Crippen molar-refractivity contribution in [2.24, 2.45) is 0 Å². The van der Waals surface area contributed by atoms with Gasteiger partial charge in [0.15, 0.2) is 0 Å². The molecule has 1 heterocycles. The Hall–Kier alpha value is -3.21. The molecular weight excluding hydrogens is 316 g/mol. The number of para-hydroxylation sites is 1. The van der Waals surface area contributed by atoms with E-state index in [2.05, 4.69) is 10.3 Å². The highest BCUT2D eigenvalue weighted by molar-refractivity contribution is 6.12. The number of nitrogens with one attached hydrogen (secondary N) is 1. The third-order valence-corrected chi connectivity index (χ3v) is 3.72. The molecule has 0 aliphatic carbocycles. The minimum absolute atomic E-state index is 0.247. The zero-order valence-corrected chi connectivity index (χ0v) is 14.1. The van der Waals surface area contributed by atoms with Crippen LogP contribution in [-0.2, 0) is 4.74 Å². The molecule has 3 aromatic rings. The van der Waals surface area contributed by atoms with Gasteiger partial charge in [0.05, 0.1) is 23.3 Å². The molecule has 0 aliphatic heterocycles. The number of esters is 1. The molecule has 5 heteroatoms. The van der Waals surface area contributed by atoms with Crippen molar-refractivity contribution in [3.05, 3.63) is 71.4 Å². The van der Waals surface area contributed by atoms with Crippen molar-refractivity contribution in [1.82, 2.24) is 4.98 Å². The normalized spacial score (nSPS) is 10.5. The third kappa shape index (κ3) is 3.66.